The number of rotatable bonds is 4. The van der Waals surface area contributed by atoms with Gasteiger partial charge in [-0.25, -0.2) is 9.78 Å². The third-order valence-electron chi connectivity index (χ3n) is 4.08. The summed E-state index contributed by atoms with van der Waals surface area (Å²) in [6, 6.07) is 12.8. The second kappa shape index (κ2) is 8.22. The number of ether oxygens (including phenoxy) is 1. The summed E-state index contributed by atoms with van der Waals surface area (Å²) < 4.78 is 5.18. The Hall–Kier alpha value is -3.19. The van der Waals surface area contributed by atoms with E-state index >= 15 is 0 Å². The molecule has 6 nitrogen and oxygen atoms in total. The number of carbonyl (C=O) groups excluding carboxylic acids is 2. The number of nitrogens with one attached hydrogen (secondary N) is 2. The molecule has 0 atom stereocenters. The van der Waals surface area contributed by atoms with Gasteiger partial charge in [-0.05, 0) is 51.0 Å². The van der Waals surface area contributed by atoms with Crippen LogP contribution in [0.15, 0.2) is 42.5 Å². The number of amides is 2. The quantitative estimate of drug-likeness (QED) is 0.633. The van der Waals surface area contributed by atoms with Crippen LogP contribution in [0, 0.1) is 27.7 Å². The molecular formula is C21H21N3O3S. The van der Waals surface area contributed by atoms with E-state index < -0.39 is 6.09 Å². The van der Waals surface area contributed by atoms with E-state index in [1.54, 1.807) is 31.2 Å². The Morgan fingerprint density at radius 2 is 1.61 bits per heavy atom. The minimum atomic E-state index is -0.655. The largest absolute Gasteiger partial charge is 0.418 e. The summed E-state index contributed by atoms with van der Waals surface area (Å²) in [7, 11) is 0. The van der Waals surface area contributed by atoms with E-state index in [4.69, 9.17) is 4.74 Å². The number of para-hydroxylation sites is 1. The van der Waals surface area contributed by atoms with Crippen LogP contribution in [-0.4, -0.2) is 17.0 Å². The molecule has 1 aromatic heterocycles. The van der Waals surface area contributed by atoms with Crippen molar-refractivity contribution in [2.24, 2.45) is 0 Å². The Bertz CT molecular complexity index is 1010. The zero-order valence-electron chi connectivity index (χ0n) is 16.1. The number of hydrogen-bond donors (Lipinski definition) is 2. The van der Waals surface area contributed by atoms with Crippen LogP contribution in [-0.2, 0) is 0 Å². The van der Waals surface area contributed by atoms with E-state index in [1.807, 2.05) is 39.0 Å². The van der Waals surface area contributed by atoms with Crippen molar-refractivity contribution < 1.29 is 14.3 Å². The van der Waals surface area contributed by atoms with Gasteiger partial charge in [-0.2, -0.15) is 0 Å². The van der Waals surface area contributed by atoms with E-state index in [9.17, 15) is 9.59 Å². The van der Waals surface area contributed by atoms with Crippen molar-refractivity contribution in [1.29, 1.82) is 0 Å². The maximum absolute atomic E-state index is 12.7. The lowest BCUT2D eigenvalue weighted by Crippen LogP contribution is -2.16. The maximum atomic E-state index is 12.7. The molecule has 0 saturated heterocycles. The minimum Gasteiger partial charge on any atom is -0.410 e. The Labute approximate surface area is 167 Å². The molecule has 28 heavy (non-hydrogen) atoms. The van der Waals surface area contributed by atoms with Gasteiger partial charge in [-0.15, -0.1) is 0 Å². The Balaban J connectivity index is 1.71. The van der Waals surface area contributed by atoms with Gasteiger partial charge in [0.1, 0.15) is 10.6 Å². The summed E-state index contributed by atoms with van der Waals surface area (Å²) in [6.45, 7) is 7.67. The highest BCUT2D eigenvalue weighted by molar-refractivity contribution is 7.17. The fraction of sp³-hybridized carbons (Fsp3) is 0.190. The molecule has 7 heteroatoms. The monoisotopic (exact) mass is 395 g/mol. The van der Waals surface area contributed by atoms with E-state index in [0.717, 1.165) is 33.7 Å². The number of nitrogens with zero attached hydrogens (tertiary/aromatic N) is 1. The first-order chi connectivity index (χ1) is 13.3. The van der Waals surface area contributed by atoms with Crippen molar-refractivity contribution in [3.05, 3.63) is 69.7 Å². The molecule has 0 unspecified atom stereocenters. The molecule has 1 heterocycles. The Morgan fingerprint density at radius 1 is 0.964 bits per heavy atom. The van der Waals surface area contributed by atoms with Crippen LogP contribution in [0.2, 0.25) is 0 Å². The topological polar surface area (TPSA) is 80.3 Å². The van der Waals surface area contributed by atoms with Crippen LogP contribution in [0.25, 0.3) is 0 Å². The molecule has 3 aromatic rings. The molecule has 0 spiro atoms. The average molecular weight is 395 g/mol. The number of thiazole rings is 1. The molecular weight excluding hydrogens is 374 g/mol. The van der Waals surface area contributed by atoms with Gasteiger partial charge in [0, 0.05) is 5.69 Å². The first-order valence-electron chi connectivity index (χ1n) is 8.74. The second-order valence-corrected chi connectivity index (χ2v) is 7.49. The fourth-order valence-corrected chi connectivity index (χ4v) is 3.76. The van der Waals surface area contributed by atoms with Gasteiger partial charge in [0.2, 0.25) is 0 Å². The molecule has 0 bridgehead atoms. The van der Waals surface area contributed by atoms with Gasteiger partial charge in [0.25, 0.3) is 5.91 Å². The third-order valence-corrected chi connectivity index (χ3v) is 5.15. The first kappa shape index (κ1) is 19.6. The molecule has 0 aliphatic carbocycles. The molecule has 3 rings (SSSR count). The smallest absolute Gasteiger partial charge is 0.410 e. The van der Waals surface area contributed by atoms with E-state index in [2.05, 4.69) is 15.6 Å². The van der Waals surface area contributed by atoms with E-state index in [1.165, 1.54) is 0 Å². The summed E-state index contributed by atoms with van der Waals surface area (Å²) in [5.41, 5.74) is 4.47. The van der Waals surface area contributed by atoms with Gasteiger partial charge in [0.05, 0.1) is 5.69 Å². The lowest BCUT2D eigenvalue weighted by atomic mass is 10.1. The molecule has 0 aliphatic heterocycles. The van der Waals surface area contributed by atoms with Gasteiger partial charge in [-0.1, -0.05) is 47.2 Å². The van der Waals surface area contributed by atoms with Crippen molar-refractivity contribution in [3.8, 4) is 5.75 Å². The zero-order valence-corrected chi connectivity index (χ0v) is 16.9. The summed E-state index contributed by atoms with van der Waals surface area (Å²) in [4.78, 5) is 29.4. The van der Waals surface area contributed by atoms with Crippen molar-refractivity contribution in [1.82, 2.24) is 4.98 Å². The normalized spacial score (nSPS) is 10.4. The number of aromatic nitrogens is 1. The van der Waals surface area contributed by atoms with Crippen LogP contribution < -0.4 is 15.4 Å². The lowest BCUT2D eigenvalue weighted by Gasteiger charge is -2.12. The standard InChI is InChI=1S/C21H21N3O3S/c1-12-10-13(2)17(14(3)11-12)23-19(25)18-15(4)22-20(28-18)24-21(26)27-16-8-6-5-7-9-16/h5-11H,1-4H3,(H,23,25)(H,22,24,26). The van der Waals surface area contributed by atoms with Gasteiger partial charge >= 0.3 is 6.09 Å². The number of carbonyl (C=O) groups is 2. The summed E-state index contributed by atoms with van der Waals surface area (Å²) >= 11 is 1.11. The van der Waals surface area contributed by atoms with E-state index in [0.29, 0.717) is 21.5 Å². The molecule has 2 N–H and O–H groups in total. The molecule has 144 valence electrons. The second-order valence-electron chi connectivity index (χ2n) is 6.49. The number of hydrogen-bond acceptors (Lipinski definition) is 5. The van der Waals surface area contributed by atoms with E-state index in [-0.39, 0.29) is 5.91 Å². The maximum Gasteiger partial charge on any atom is 0.418 e. The highest BCUT2D eigenvalue weighted by Gasteiger charge is 2.18. The molecule has 2 amide bonds. The number of aryl methyl sites for hydroxylation is 4. The van der Waals surface area contributed by atoms with Gasteiger partial charge in [-0.3, -0.25) is 10.1 Å². The highest BCUT2D eigenvalue weighted by atomic mass is 32.1. The zero-order chi connectivity index (χ0) is 20.3. The first-order valence-corrected chi connectivity index (χ1v) is 9.55. The van der Waals surface area contributed by atoms with Gasteiger partial charge < -0.3 is 10.1 Å². The van der Waals surface area contributed by atoms with Crippen LogP contribution in [0.4, 0.5) is 15.6 Å². The lowest BCUT2D eigenvalue weighted by molar-refractivity contribution is 0.102. The predicted molar refractivity (Wildman–Crippen MR) is 112 cm³/mol. The average Bonchev–Trinajstić information content (AvgIpc) is 2.99. The van der Waals surface area contributed by atoms with Crippen molar-refractivity contribution in [3.63, 3.8) is 0 Å². The highest BCUT2D eigenvalue weighted by Crippen LogP contribution is 2.27. The van der Waals surface area contributed by atoms with Crippen molar-refractivity contribution >= 4 is 34.2 Å². The fourth-order valence-electron chi connectivity index (χ4n) is 2.92. The summed E-state index contributed by atoms with van der Waals surface area (Å²) in [5.74, 6) is 0.172. The van der Waals surface area contributed by atoms with Crippen LogP contribution in [0.5, 0.6) is 5.75 Å². The van der Waals surface area contributed by atoms with Crippen molar-refractivity contribution in [2.45, 2.75) is 27.7 Å². The van der Waals surface area contributed by atoms with Gasteiger partial charge in [0.15, 0.2) is 5.13 Å². The third kappa shape index (κ3) is 4.55. The number of anilines is 2. The van der Waals surface area contributed by atoms with Crippen LogP contribution in [0.1, 0.15) is 32.1 Å². The SMILES string of the molecule is Cc1cc(C)c(NC(=O)c2sc(NC(=O)Oc3ccccc3)nc2C)c(C)c1. The molecule has 0 fully saturated rings. The molecule has 0 aliphatic rings. The molecule has 0 saturated carbocycles. The molecule has 0 radical (unpaired) electrons. The minimum absolute atomic E-state index is 0.255. The van der Waals surface area contributed by atoms with Crippen molar-refractivity contribution in [2.75, 3.05) is 10.6 Å². The predicted octanol–water partition coefficient (Wildman–Crippen LogP) is 5.24. The van der Waals surface area contributed by atoms with Crippen LogP contribution in [0.3, 0.4) is 0 Å². The summed E-state index contributed by atoms with van der Waals surface area (Å²) in [5, 5.41) is 5.83. The summed E-state index contributed by atoms with van der Waals surface area (Å²) in [6.07, 6.45) is -0.655. The molecule has 2 aromatic carbocycles. The Morgan fingerprint density at radius 3 is 2.25 bits per heavy atom. The van der Waals surface area contributed by atoms with Crippen LogP contribution >= 0.6 is 11.3 Å². The number of benzene rings is 2. The Kier molecular flexibility index (Phi) is 5.75.